The van der Waals surface area contributed by atoms with E-state index in [1.807, 2.05) is 104 Å². The Morgan fingerprint density at radius 1 is 0.442 bits per heavy atom. The molecule has 460 valence electrons. The number of benzene rings is 4. The highest BCUT2D eigenvalue weighted by atomic mass is 16.6. The molecule has 5 amide bonds. The molecule has 3 N–H and O–H groups in total. The Morgan fingerprint density at radius 3 is 1.50 bits per heavy atom. The van der Waals surface area contributed by atoms with Crippen molar-refractivity contribution in [1.29, 1.82) is 0 Å². The number of hydrogen-bond acceptors (Lipinski definition) is 14. The number of ether oxygens (including phenoxy) is 4. The molecule has 0 saturated carbocycles. The second-order valence-corrected chi connectivity index (χ2v) is 21.1. The third kappa shape index (κ3) is 18.8. The summed E-state index contributed by atoms with van der Waals surface area (Å²) < 4.78 is 25.2. The number of para-hydroxylation sites is 2. The average molecular weight is 1180 g/mol. The van der Waals surface area contributed by atoms with Crippen molar-refractivity contribution in [2.75, 3.05) is 69.1 Å². The number of Topliss-reactive ketones (excluding diaryl/α,β-unsaturated/α-hetero) is 1. The van der Waals surface area contributed by atoms with E-state index in [4.69, 9.17) is 18.9 Å². The lowest BCUT2D eigenvalue weighted by molar-refractivity contribution is -0.125. The van der Waals surface area contributed by atoms with Crippen molar-refractivity contribution >= 4 is 47.1 Å². The average Bonchev–Trinajstić information content (AvgIpc) is 1.94. The molecule has 2 aliphatic rings. The fourth-order valence-electron chi connectivity index (χ4n) is 10.1. The summed E-state index contributed by atoms with van der Waals surface area (Å²) in [5.41, 5.74) is 9.50. The predicted molar refractivity (Wildman–Crippen MR) is 330 cm³/mol. The zero-order valence-electron chi connectivity index (χ0n) is 50.5. The van der Waals surface area contributed by atoms with Crippen molar-refractivity contribution in [2.45, 2.75) is 144 Å². The molecular weight excluding hydrogens is 1090 g/mol. The first-order valence-electron chi connectivity index (χ1n) is 30.6. The van der Waals surface area contributed by atoms with Crippen LogP contribution < -0.4 is 25.8 Å². The first-order chi connectivity index (χ1) is 42.1. The summed E-state index contributed by atoms with van der Waals surface area (Å²) in [5, 5.41) is 26.3. The van der Waals surface area contributed by atoms with Gasteiger partial charge in [-0.15, -0.1) is 10.2 Å². The van der Waals surface area contributed by atoms with E-state index in [0.717, 1.165) is 102 Å². The number of nitrogens with one attached hydrogen (secondary N) is 3. The van der Waals surface area contributed by atoms with E-state index in [9.17, 15) is 28.8 Å². The quantitative estimate of drug-likeness (QED) is 0.0343. The lowest BCUT2D eigenvalue weighted by Crippen LogP contribution is -2.34. The minimum absolute atomic E-state index is 0.0631. The van der Waals surface area contributed by atoms with Crippen LogP contribution >= 0.6 is 0 Å². The van der Waals surface area contributed by atoms with Gasteiger partial charge in [-0.25, -0.2) is 19.0 Å². The first kappa shape index (κ1) is 65.2. The molecule has 0 radical (unpaired) electrons. The highest BCUT2D eigenvalue weighted by Crippen LogP contribution is 2.43. The molecule has 2 aliphatic heterocycles. The van der Waals surface area contributed by atoms with Gasteiger partial charge in [-0.3, -0.25) is 19.2 Å². The molecule has 0 fully saturated rings. The van der Waals surface area contributed by atoms with E-state index >= 15 is 0 Å². The largest absolute Gasteiger partial charge is 0.448 e. The molecule has 86 heavy (non-hydrogen) atoms. The van der Waals surface area contributed by atoms with Crippen molar-refractivity contribution in [3.05, 3.63) is 108 Å². The fraction of sp³-hybridized carbons (Fsp3) is 0.477. The van der Waals surface area contributed by atoms with Crippen molar-refractivity contribution in [3.63, 3.8) is 0 Å². The van der Waals surface area contributed by atoms with Crippen LogP contribution in [-0.2, 0) is 64.3 Å². The Kier molecular flexibility index (Phi) is 26.7. The van der Waals surface area contributed by atoms with Crippen LogP contribution in [0.2, 0.25) is 0 Å². The number of aromatic nitrogens is 6. The van der Waals surface area contributed by atoms with Gasteiger partial charge in [0.2, 0.25) is 17.7 Å². The second-order valence-electron chi connectivity index (χ2n) is 21.1. The number of fused-ring (bicyclic) bond motifs is 10. The Hall–Kier alpha value is -8.30. The molecule has 21 heteroatoms. The van der Waals surface area contributed by atoms with Gasteiger partial charge in [-0.2, -0.15) is 0 Å². The molecule has 6 aromatic rings. The van der Waals surface area contributed by atoms with E-state index < -0.39 is 12.2 Å². The maximum absolute atomic E-state index is 13.7. The minimum Gasteiger partial charge on any atom is -0.448 e. The second kappa shape index (κ2) is 35.2. The van der Waals surface area contributed by atoms with Crippen LogP contribution in [0.4, 0.5) is 21.0 Å². The molecule has 0 aliphatic carbocycles. The normalized spacial score (nSPS) is 12.0. The van der Waals surface area contributed by atoms with Crippen LogP contribution in [0.3, 0.4) is 0 Å². The van der Waals surface area contributed by atoms with Gasteiger partial charge >= 0.3 is 12.2 Å². The number of anilines is 2. The van der Waals surface area contributed by atoms with Crippen LogP contribution in [0, 0.1) is 0 Å². The van der Waals surface area contributed by atoms with Gasteiger partial charge in [0.25, 0.3) is 0 Å². The molecule has 2 aromatic heterocycles. The van der Waals surface area contributed by atoms with Crippen molar-refractivity contribution in [3.8, 4) is 45.0 Å². The number of hydrogen-bond donors (Lipinski definition) is 3. The Labute approximate surface area is 504 Å². The standard InChI is InChI=1S/C33H43N5O5.C32H42N6O5/c1-3-5-10-19-34-33(41)43-23-20-38-32-28-15-8-9-16-29(28)37(24-25-12-6-7-14-27(25)31(32)35-36-38)30(40)18-17-26(39)13-11-22-42-21-4-2;1-3-5-10-17-34-32(41)43-22-19-38-31-25-12-7-6-11-24(25)23-37(27-14-9-8-13-26(27)30(31)35-36-38)29(40)16-15-28(39)33-18-21-42-20-4-2/h6-9,12,14-16H,3-5,10-11,13,17-24H2,1-2H3,(H,34,41);6-9,11-14H,3-5,10,15-23H2,1-2H3,(H,33,39)(H,34,41). The van der Waals surface area contributed by atoms with Crippen molar-refractivity contribution in [1.82, 2.24) is 45.9 Å². The lowest BCUT2D eigenvalue weighted by Gasteiger charge is -2.28. The monoisotopic (exact) mass is 1180 g/mol. The summed E-state index contributed by atoms with van der Waals surface area (Å²) >= 11 is 0. The topological polar surface area (TPSA) is 243 Å². The van der Waals surface area contributed by atoms with E-state index in [2.05, 4.69) is 57.3 Å². The third-order valence-electron chi connectivity index (χ3n) is 14.5. The van der Waals surface area contributed by atoms with Crippen LogP contribution in [0.1, 0.15) is 129 Å². The lowest BCUT2D eigenvalue weighted by atomic mass is 9.95. The van der Waals surface area contributed by atoms with Crippen molar-refractivity contribution < 1.29 is 47.7 Å². The van der Waals surface area contributed by atoms with Crippen LogP contribution in [0.25, 0.3) is 45.0 Å². The van der Waals surface area contributed by atoms with Gasteiger partial charge in [0.05, 0.1) is 55.5 Å². The maximum atomic E-state index is 13.7. The zero-order valence-corrected chi connectivity index (χ0v) is 50.5. The molecule has 0 atom stereocenters. The van der Waals surface area contributed by atoms with E-state index in [-0.39, 0.29) is 62.4 Å². The highest BCUT2D eigenvalue weighted by molar-refractivity contribution is 6.02. The van der Waals surface area contributed by atoms with Gasteiger partial charge in [0.1, 0.15) is 30.4 Å². The molecule has 0 saturated heterocycles. The Morgan fingerprint density at radius 2 is 0.919 bits per heavy atom. The van der Waals surface area contributed by atoms with Crippen molar-refractivity contribution in [2.24, 2.45) is 0 Å². The maximum Gasteiger partial charge on any atom is 0.407 e. The zero-order chi connectivity index (χ0) is 60.9. The van der Waals surface area contributed by atoms with E-state index in [1.165, 1.54) is 0 Å². The Bertz CT molecular complexity index is 3160. The number of carbonyl (C=O) groups excluding carboxylic acids is 6. The summed E-state index contributed by atoms with van der Waals surface area (Å²) in [5.74, 6) is -0.401. The molecule has 4 aromatic carbocycles. The molecule has 21 nitrogen and oxygen atoms in total. The number of carbonyl (C=O) groups is 6. The van der Waals surface area contributed by atoms with Crippen LogP contribution in [0.5, 0.6) is 0 Å². The first-order valence-corrected chi connectivity index (χ1v) is 30.6. The number of nitrogens with zero attached hydrogens (tertiary/aromatic N) is 8. The molecular formula is C65H85N11O10. The SMILES string of the molecule is CCCCCNC(=O)OCCn1nnc2c1-c1ccccc1CN(C(=O)CCC(=O)NCCOCCC)c1ccccc1-2.CCCCCNC(=O)OCCn1nnc2c1-c1ccccc1N(C(=O)CCC(=O)CCCOCCC)Cc1ccccc1-2. The minimum atomic E-state index is -0.454. The fourth-order valence-corrected chi connectivity index (χ4v) is 10.1. The predicted octanol–water partition coefficient (Wildman–Crippen LogP) is 10.6. The smallest absolute Gasteiger partial charge is 0.407 e. The van der Waals surface area contributed by atoms with Gasteiger partial charge in [-0.1, -0.05) is 149 Å². The van der Waals surface area contributed by atoms with Gasteiger partial charge < -0.3 is 44.7 Å². The van der Waals surface area contributed by atoms with E-state index in [0.29, 0.717) is 102 Å². The van der Waals surface area contributed by atoms with Gasteiger partial charge in [0, 0.05) is 93.8 Å². The van der Waals surface area contributed by atoms with Gasteiger partial charge in [0.15, 0.2) is 0 Å². The molecule has 8 rings (SSSR count). The van der Waals surface area contributed by atoms with Crippen LogP contribution in [-0.4, -0.2) is 125 Å². The summed E-state index contributed by atoms with van der Waals surface area (Å²) in [7, 11) is 0. The number of ketones is 1. The van der Waals surface area contributed by atoms with Crippen LogP contribution in [0.15, 0.2) is 97.1 Å². The molecule has 0 bridgehead atoms. The number of alkyl carbamates (subject to hydrolysis) is 2. The summed E-state index contributed by atoms with van der Waals surface area (Å²) in [4.78, 5) is 80.1. The highest BCUT2D eigenvalue weighted by Gasteiger charge is 2.31. The van der Waals surface area contributed by atoms with Gasteiger partial charge in [-0.05, 0) is 55.4 Å². The molecule has 0 unspecified atom stereocenters. The number of amides is 5. The number of rotatable bonds is 31. The molecule has 4 heterocycles. The van der Waals surface area contributed by atoms with E-state index in [1.54, 1.807) is 19.2 Å². The summed E-state index contributed by atoms with van der Waals surface area (Å²) in [6, 6.07) is 31.0. The Balaban J connectivity index is 0.000000246. The summed E-state index contributed by atoms with van der Waals surface area (Å²) in [6.45, 7) is 13.8. The molecule has 0 spiro atoms. The third-order valence-corrected chi connectivity index (χ3v) is 14.5. The number of unbranched alkanes of at least 4 members (excludes halogenated alkanes) is 4. The summed E-state index contributed by atoms with van der Waals surface area (Å²) in [6.07, 6.45) is 8.60.